The molecule has 0 saturated carbocycles. The number of rotatable bonds is 2. The second-order valence-electron chi connectivity index (χ2n) is 5.65. The summed E-state index contributed by atoms with van der Waals surface area (Å²) in [7, 11) is 0. The summed E-state index contributed by atoms with van der Waals surface area (Å²) in [5.41, 5.74) is 2.82. The maximum absolute atomic E-state index is 11.0. The van der Waals surface area contributed by atoms with Crippen LogP contribution in [0.15, 0.2) is 24.3 Å². The van der Waals surface area contributed by atoms with Crippen LogP contribution in [0.5, 0.6) is 0 Å². The minimum Gasteiger partial charge on any atom is -0.481 e. The van der Waals surface area contributed by atoms with Gasteiger partial charge in [0.25, 0.3) is 5.97 Å². The number of carbonyl (C=O) groups excluding carboxylic acids is 1. The minimum absolute atomic E-state index is 0.238. The summed E-state index contributed by atoms with van der Waals surface area (Å²) in [6, 6.07) is 8.21. The number of fused-ring (bicyclic) bond motifs is 3. The van der Waals surface area contributed by atoms with E-state index in [9.17, 15) is 4.79 Å². The fourth-order valence-electron chi connectivity index (χ4n) is 2.71. The van der Waals surface area contributed by atoms with Crippen molar-refractivity contribution in [2.75, 3.05) is 13.2 Å². The van der Waals surface area contributed by atoms with Gasteiger partial charge in [-0.1, -0.05) is 18.2 Å². The lowest BCUT2D eigenvalue weighted by molar-refractivity contribution is -0.154. The molecule has 0 bridgehead atoms. The molecule has 1 aliphatic rings. The van der Waals surface area contributed by atoms with Crippen molar-refractivity contribution in [3.63, 3.8) is 0 Å². The zero-order chi connectivity index (χ0) is 17.0. The molecule has 0 saturated heterocycles. The van der Waals surface area contributed by atoms with Crippen molar-refractivity contribution in [3.05, 3.63) is 35.5 Å². The first-order chi connectivity index (χ1) is 10.8. The molecule has 0 radical (unpaired) electrons. The van der Waals surface area contributed by atoms with Gasteiger partial charge in [-0.05, 0) is 25.0 Å². The van der Waals surface area contributed by atoms with Crippen LogP contribution < -0.4 is 0 Å². The van der Waals surface area contributed by atoms with E-state index < -0.39 is 11.6 Å². The number of para-hydroxylation sites is 1. The molecule has 2 aromatic rings. The fraction of sp³-hybridized carbons (Fsp3) is 0.412. The number of carboxylic acid groups (broad SMARTS) is 1. The zero-order valence-electron chi connectivity index (χ0n) is 13.5. The smallest absolute Gasteiger partial charge is 0.302 e. The van der Waals surface area contributed by atoms with E-state index >= 15 is 0 Å². The third kappa shape index (κ3) is 3.90. The summed E-state index contributed by atoms with van der Waals surface area (Å²) < 4.78 is 11.0. The standard InChI is InChI=1S/C15H17NO3.C2H4O2/c1-10(17)18-9-15(2)14-12(7-8-19-15)11-5-3-4-6-13(11)16-14;1-2(3)4/h3-6,16H,7-9H2,1-2H3;1H3,(H,3,4). The molecule has 1 unspecified atom stereocenters. The van der Waals surface area contributed by atoms with Gasteiger partial charge in [0.2, 0.25) is 0 Å². The van der Waals surface area contributed by atoms with Crippen molar-refractivity contribution < 1.29 is 24.2 Å². The molecule has 124 valence electrons. The summed E-state index contributed by atoms with van der Waals surface area (Å²) in [5.74, 6) is -1.12. The third-order valence-electron chi connectivity index (χ3n) is 3.67. The molecule has 6 nitrogen and oxygen atoms in total. The van der Waals surface area contributed by atoms with E-state index in [1.54, 1.807) is 0 Å². The zero-order valence-corrected chi connectivity index (χ0v) is 13.5. The van der Waals surface area contributed by atoms with Crippen LogP contribution in [0.25, 0.3) is 10.9 Å². The van der Waals surface area contributed by atoms with Crippen LogP contribution in [0, 0.1) is 0 Å². The van der Waals surface area contributed by atoms with Gasteiger partial charge in [0.15, 0.2) is 0 Å². The van der Waals surface area contributed by atoms with Crippen LogP contribution in [0.2, 0.25) is 0 Å². The van der Waals surface area contributed by atoms with E-state index in [2.05, 4.69) is 17.1 Å². The van der Waals surface area contributed by atoms with Crippen molar-refractivity contribution >= 4 is 22.8 Å². The Balaban J connectivity index is 0.000000433. The van der Waals surface area contributed by atoms with Crippen LogP contribution in [0.4, 0.5) is 0 Å². The number of ether oxygens (including phenoxy) is 2. The normalized spacial score (nSPS) is 19.4. The molecular weight excluding hydrogens is 298 g/mol. The molecule has 23 heavy (non-hydrogen) atoms. The molecule has 2 heterocycles. The van der Waals surface area contributed by atoms with Gasteiger partial charge in [-0.2, -0.15) is 0 Å². The maximum atomic E-state index is 11.0. The van der Waals surface area contributed by atoms with Gasteiger partial charge >= 0.3 is 5.97 Å². The molecule has 0 fully saturated rings. The van der Waals surface area contributed by atoms with E-state index in [-0.39, 0.29) is 12.6 Å². The molecule has 0 amide bonds. The first-order valence-electron chi connectivity index (χ1n) is 7.40. The topological polar surface area (TPSA) is 88.6 Å². The lowest BCUT2D eigenvalue weighted by Gasteiger charge is -2.33. The van der Waals surface area contributed by atoms with Crippen molar-refractivity contribution in [1.82, 2.24) is 4.98 Å². The summed E-state index contributed by atoms with van der Waals surface area (Å²) in [6.07, 6.45) is 0.884. The predicted octanol–water partition coefficient (Wildman–Crippen LogP) is 2.61. The van der Waals surface area contributed by atoms with Crippen molar-refractivity contribution in [1.29, 1.82) is 0 Å². The number of nitrogens with one attached hydrogen (secondary N) is 1. The number of hydrogen-bond acceptors (Lipinski definition) is 4. The van der Waals surface area contributed by atoms with Crippen molar-refractivity contribution in [3.8, 4) is 0 Å². The molecule has 1 aliphatic heterocycles. The van der Waals surface area contributed by atoms with Crippen molar-refractivity contribution in [2.24, 2.45) is 0 Å². The molecule has 6 heteroatoms. The molecular formula is C17H21NO5. The third-order valence-corrected chi connectivity index (χ3v) is 3.67. The number of benzene rings is 1. The summed E-state index contributed by atoms with van der Waals surface area (Å²) in [4.78, 5) is 23.4. The maximum Gasteiger partial charge on any atom is 0.302 e. The summed E-state index contributed by atoms with van der Waals surface area (Å²) >= 11 is 0. The second-order valence-corrected chi connectivity index (χ2v) is 5.65. The number of carboxylic acids is 1. The van der Waals surface area contributed by atoms with Gasteiger partial charge in [-0.25, -0.2) is 0 Å². The van der Waals surface area contributed by atoms with E-state index in [0.29, 0.717) is 6.61 Å². The minimum atomic E-state index is -0.833. The van der Waals surface area contributed by atoms with E-state index in [1.807, 2.05) is 19.1 Å². The van der Waals surface area contributed by atoms with E-state index in [1.165, 1.54) is 17.9 Å². The number of hydrogen-bond donors (Lipinski definition) is 2. The van der Waals surface area contributed by atoms with Gasteiger partial charge in [0, 0.05) is 24.8 Å². The molecule has 0 aliphatic carbocycles. The summed E-state index contributed by atoms with van der Waals surface area (Å²) in [6.45, 7) is 5.34. The Morgan fingerprint density at radius 1 is 1.35 bits per heavy atom. The van der Waals surface area contributed by atoms with Gasteiger partial charge in [-0.3, -0.25) is 9.59 Å². The molecule has 3 rings (SSSR count). The number of aliphatic carboxylic acids is 1. The molecule has 1 aromatic carbocycles. The largest absolute Gasteiger partial charge is 0.481 e. The van der Waals surface area contributed by atoms with Crippen LogP contribution in [0.1, 0.15) is 32.0 Å². The lowest BCUT2D eigenvalue weighted by Crippen LogP contribution is -2.37. The highest BCUT2D eigenvalue weighted by atomic mass is 16.6. The number of carbonyl (C=O) groups is 2. The molecule has 2 N–H and O–H groups in total. The Kier molecular flexibility index (Phi) is 5.05. The monoisotopic (exact) mass is 319 g/mol. The number of aromatic nitrogens is 1. The van der Waals surface area contributed by atoms with Crippen LogP contribution in [-0.4, -0.2) is 35.2 Å². The number of H-pyrrole nitrogens is 1. The quantitative estimate of drug-likeness (QED) is 0.831. The van der Waals surface area contributed by atoms with Crippen LogP contribution in [0.3, 0.4) is 0 Å². The van der Waals surface area contributed by atoms with Gasteiger partial charge in [0.1, 0.15) is 12.2 Å². The Morgan fingerprint density at radius 2 is 2.00 bits per heavy atom. The van der Waals surface area contributed by atoms with Crippen molar-refractivity contribution in [2.45, 2.75) is 32.8 Å². The Labute approximate surface area is 134 Å². The average Bonchev–Trinajstić information content (AvgIpc) is 2.86. The Bertz CT molecular complexity index is 717. The first kappa shape index (κ1) is 17.0. The highest BCUT2D eigenvalue weighted by Gasteiger charge is 2.37. The number of aromatic amines is 1. The second kappa shape index (κ2) is 6.83. The lowest BCUT2D eigenvalue weighted by atomic mass is 9.93. The van der Waals surface area contributed by atoms with Crippen LogP contribution in [-0.2, 0) is 31.1 Å². The van der Waals surface area contributed by atoms with Gasteiger partial charge in [0.05, 0.1) is 12.3 Å². The SMILES string of the molecule is CC(=O)O.CC(=O)OCC1(C)OCCc2c1[nH]c1ccccc21. The average molecular weight is 319 g/mol. The predicted molar refractivity (Wildman–Crippen MR) is 85.2 cm³/mol. The number of esters is 1. The fourth-order valence-corrected chi connectivity index (χ4v) is 2.71. The molecule has 1 atom stereocenters. The highest BCUT2D eigenvalue weighted by molar-refractivity contribution is 5.85. The van der Waals surface area contributed by atoms with Gasteiger partial charge in [-0.15, -0.1) is 0 Å². The Morgan fingerprint density at radius 3 is 2.65 bits per heavy atom. The molecule has 1 aromatic heterocycles. The van der Waals surface area contributed by atoms with Gasteiger partial charge < -0.3 is 19.6 Å². The highest BCUT2D eigenvalue weighted by Crippen LogP contribution is 2.36. The summed E-state index contributed by atoms with van der Waals surface area (Å²) in [5, 5.41) is 8.65. The molecule has 0 spiro atoms. The first-order valence-corrected chi connectivity index (χ1v) is 7.40. The van der Waals surface area contributed by atoms with Crippen LogP contribution >= 0.6 is 0 Å². The van der Waals surface area contributed by atoms with E-state index in [4.69, 9.17) is 19.4 Å². The Hall–Kier alpha value is -2.34. The van der Waals surface area contributed by atoms with E-state index in [0.717, 1.165) is 24.6 Å².